The van der Waals surface area contributed by atoms with Crippen LogP contribution in [0.2, 0.25) is 0 Å². The Morgan fingerprint density at radius 2 is 1.90 bits per heavy atom. The first-order valence-corrected chi connectivity index (χ1v) is 7.95. The maximum atomic E-state index is 12.5. The van der Waals surface area contributed by atoms with E-state index in [1.807, 2.05) is 20.8 Å². The molecule has 2 aliphatic rings. The van der Waals surface area contributed by atoms with Crippen LogP contribution in [0.5, 0.6) is 0 Å². The van der Waals surface area contributed by atoms with Gasteiger partial charge in [-0.05, 0) is 46.5 Å². The molecule has 1 heterocycles. The van der Waals surface area contributed by atoms with E-state index in [4.69, 9.17) is 4.74 Å². The van der Waals surface area contributed by atoms with Crippen molar-refractivity contribution in [2.75, 3.05) is 6.54 Å². The fourth-order valence-corrected chi connectivity index (χ4v) is 3.96. The Hall–Kier alpha value is -1.26. The molecule has 2 atom stereocenters. The number of carboxylic acid groups (broad SMARTS) is 1. The quantitative estimate of drug-likeness (QED) is 0.848. The summed E-state index contributed by atoms with van der Waals surface area (Å²) in [5.41, 5.74) is -0.766. The van der Waals surface area contributed by atoms with Gasteiger partial charge in [-0.1, -0.05) is 12.8 Å². The number of aliphatic carboxylic acids is 1. The van der Waals surface area contributed by atoms with Gasteiger partial charge in [0.05, 0.1) is 6.42 Å². The molecule has 2 fully saturated rings. The number of carbonyl (C=O) groups excluding carboxylic acids is 1. The molecule has 2 rings (SSSR count). The molecule has 0 bridgehead atoms. The number of rotatable bonds is 2. The lowest BCUT2D eigenvalue weighted by Crippen LogP contribution is -2.57. The van der Waals surface area contributed by atoms with Crippen LogP contribution in [-0.4, -0.2) is 40.3 Å². The minimum Gasteiger partial charge on any atom is -0.481 e. The van der Waals surface area contributed by atoms with Crippen molar-refractivity contribution in [2.45, 2.75) is 77.4 Å². The van der Waals surface area contributed by atoms with Crippen molar-refractivity contribution in [3.8, 4) is 0 Å². The Bertz CT molecular complexity index is 411. The Morgan fingerprint density at radius 1 is 1.24 bits per heavy atom. The van der Waals surface area contributed by atoms with E-state index in [1.54, 1.807) is 4.90 Å². The van der Waals surface area contributed by atoms with Gasteiger partial charge in [0.2, 0.25) is 0 Å². The van der Waals surface area contributed by atoms with Crippen LogP contribution in [0.1, 0.15) is 65.7 Å². The molecular weight excluding hydrogens is 270 g/mol. The van der Waals surface area contributed by atoms with Gasteiger partial charge in [0, 0.05) is 18.0 Å². The van der Waals surface area contributed by atoms with Crippen molar-refractivity contribution in [1.29, 1.82) is 0 Å². The number of hydrogen-bond acceptors (Lipinski definition) is 3. The molecule has 1 saturated heterocycles. The number of nitrogens with zero attached hydrogens (tertiary/aromatic N) is 1. The first-order valence-electron chi connectivity index (χ1n) is 7.95. The first-order chi connectivity index (χ1) is 9.73. The van der Waals surface area contributed by atoms with E-state index < -0.39 is 11.6 Å². The van der Waals surface area contributed by atoms with Crippen molar-refractivity contribution < 1.29 is 19.4 Å². The molecule has 0 unspecified atom stereocenters. The van der Waals surface area contributed by atoms with Crippen molar-refractivity contribution in [2.24, 2.45) is 5.41 Å². The Balaban J connectivity index is 2.19. The van der Waals surface area contributed by atoms with Crippen LogP contribution in [0.15, 0.2) is 0 Å². The summed E-state index contributed by atoms with van der Waals surface area (Å²) in [5, 5.41) is 9.28. The highest BCUT2D eigenvalue weighted by Gasteiger charge is 2.49. The summed E-state index contributed by atoms with van der Waals surface area (Å²) in [7, 11) is 0. The molecule has 0 aromatic heterocycles. The normalized spacial score (nSPS) is 29.7. The predicted octanol–water partition coefficient (Wildman–Crippen LogP) is 3.42. The van der Waals surface area contributed by atoms with Crippen LogP contribution in [0.25, 0.3) is 0 Å². The Kier molecular flexibility index (Phi) is 4.49. The van der Waals surface area contributed by atoms with Gasteiger partial charge in [-0.25, -0.2) is 4.79 Å². The van der Waals surface area contributed by atoms with Crippen LogP contribution in [0.4, 0.5) is 4.79 Å². The van der Waals surface area contributed by atoms with Crippen LogP contribution in [0.3, 0.4) is 0 Å². The van der Waals surface area contributed by atoms with Crippen molar-refractivity contribution in [3.63, 3.8) is 0 Å². The molecule has 5 nitrogen and oxygen atoms in total. The number of fused-ring (bicyclic) bond motifs is 1. The third-order valence-corrected chi connectivity index (χ3v) is 4.69. The second kappa shape index (κ2) is 5.85. The summed E-state index contributed by atoms with van der Waals surface area (Å²) >= 11 is 0. The van der Waals surface area contributed by atoms with Crippen molar-refractivity contribution in [3.05, 3.63) is 0 Å². The lowest BCUT2D eigenvalue weighted by atomic mass is 9.63. The number of amides is 1. The average Bonchev–Trinajstić information content (AvgIpc) is 2.34. The summed E-state index contributed by atoms with van der Waals surface area (Å²) in [6, 6.07) is 0.0194. The van der Waals surface area contributed by atoms with Gasteiger partial charge >= 0.3 is 12.1 Å². The van der Waals surface area contributed by atoms with Crippen LogP contribution in [0, 0.1) is 5.41 Å². The fraction of sp³-hybridized carbons (Fsp3) is 0.875. The highest BCUT2D eigenvalue weighted by atomic mass is 16.6. The molecule has 1 amide bonds. The van der Waals surface area contributed by atoms with E-state index in [2.05, 4.69) is 0 Å². The molecule has 1 aliphatic carbocycles. The van der Waals surface area contributed by atoms with Gasteiger partial charge < -0.3 is 14.7 Å². The predicted molar refractivity (Wildman–Crippen MR) is 79.1 cm³/mol. The minimum absolute atomic E-state index is 0.0194. The highest BCUT2D eigenvalue weighted by molar-refractivity contribution is 5.70. The number of hydrogen-bond donors (Lipinski definition) is 1. The van der Waals surface area contributed by atoms with E-state index >= 15 is 0 Å². The molecule has 1 N–H and O–H groups in total. The Morgan fingerprint density at radius 3 is 2.52 bits per heavy atom. The molecule has 5 heteroatoms. The molecule has 0 spiro atoms. The van der Waals surface area contributed by atoms with Crippen LogP contribution >= 0.6 is 0 Å². The zero-order valence-electron chi connectivity index (χ0n) is 13.4. The zero-order chi connectivity index (χ0) is 15.7. The minimum atomic E-state index is -0.757. The molecule has 120 valence electrons. The Labute approximate surface area is 126 Å². The van der Waals surface area contributed by atoms with E-state index in [0.717, 1.165) is 38.5 Å². The molecule has 21 heavy (non-hydrogen) atoms. The van der Waals surface area contributed by atoms with E-state index in [1.165, 1.54) is 0 Å². The fourth-order valence-electron chi connectivity index (χ4n) is 3.96. The molecule has 0 aromatic rings. The number of carbonyl (C=O) groups is 2. The molecular formula is C16H27NO4. The van der Waals surface area contributed by atoms with E-state index in [9.17, 15) is 14.7 Å². The van der Waals surface area contributed by atoms with Gasteiger partial charge in [-0.3, -0.25) is 4.79 Å². The SMILES string of the molecule is CC(C)(C)OC(=O)N1CCC[C@@]2(CC(=O)O)CCCC[C@@H]12. The zero-order valence-corrected chi connectivity index (χ0v) is 13.4. The summed E-state index contributed by atoms with van der Waals surface area (Å²) < 4.78 is 5.52. The lowest BCUT2D eigenvalue weighted by Gasteiger charge is -2.52. The molecule has 1 aliphatic heterocycles. The number of ether oxygens (including phenoxy) is 1. The highest BCUT2D eigenvalue weighted by Crippen LogP contribution is 2.48. The van der Waals surface area contributed by atoms with E-state index in [0.29, 0.717) is 6.54 Å². The number of carboxylic acids is 1. The molecule has 0 aromatic carbocycles. The standard InChI is InChI=1S/C16H27NO4/c1-15(2,3)21-14(20)17-10-6-9-16(11-13(18)19)8-5-4-7-12(16)17/h12H,4-11H2,1-3H3,(H,18,19)/t12-,16-/m1/s1. The van der Waals surface area contributed by atoms with Crippen LogP contribution in [-0.2, 0) is 9.53 Å². The third-order valence-electron chi connectivity index (χ3n) is 4.69. The molecule has 1 saturated carbocycles. The summed E-state index contributed by atoms with van der Waals surface area (Å²) in [5.74, 6) is -0.757. The van der Waals surface area contributed by atoms with Gasteiger partial charge in [0.15, 0.2) is 0 Å². The number of likely N-dealkylation sites (tertiary alicyclic amines) is 1. The second-order valence-electron chi connectivity index (χ2n) is 7.47. The average molecular weight is 297 g/mol. The van der Waals surface area contributed by atoms with Gasteiger partial charge in [0.1, 0.15) is 5.60 Å². The van der Waals surface area contributed by atoms with Crippen molar-refractivity contribution >= 4 is 12.1 Å². The molecule has 0 radical (unpaired) electrons. The van der Waals surface area contributed by atoms with E-state index in [-0.39, 0.29) is 24.0 Å². The monoisotopic (exact) mass is 297 g/mol. The smallest absolute Gasteiger partial charge is 0.410 e. The summed E-state index contributed by atoms with van der Waals surface area (Å²) in [6.07, 6.45) is 5.57. The van der Waals surface area contributed by atoms with Gasteiger partial charge in [-0.2, -0.15) is 0 Å². The van der Waals surface area contributed by atoms with Crippen molar-refractivity contribution in [1.82, 2.24) is 4.90 Å². The van der Waals surface area contributed by atoms with Crippen LogP contribution < -0.4 is 0 Å². The van der Waals surface area contributed by atoms with Gasteiger partial charge in [-0.15, -0.1) is 0 Å². The summed E-state index contributed by atoms with van der Waals surface area (Å²) in [6.45, 7) is 6.27. The lowest BCUT2D eigenvalue weighted by molar-refractivity contribution is -0.143. The largest absolute Gasteiger partial charge is 0.481 e. The summed E-state index contributed by atoms with van der Waals surface area (Å²) in [4.78, 5) is 25.5. The second-order valence-corrected chi connectivity index (χ2v) is 7.47. The number of piperidine rings is 1. The maximum absolute atomic E-state index is 12.5. The van der Waals surface area contributed by atoms with Gasteiger partial charge in [0.25, 0.3) is 0 Å². The topological polar surface area (TPSA) is 66.8 Å². The third kappa shape index (κ3) is 3.69. The maximum Gasteiger partial charge on any atom is 0.410 e. The first kappa shape index (κ1) is 16.1.